The molecule has 2 atom stereocenters. The molecule has 21 heavy (non-hydrogen) atoms. The first-order valence-electron chi connectivity index (χ1n) is 7.56. The molecule has 0 aromatic heterocycles. The number of carbonyl (C=O) groups is 1. The van der Waals surface area contributed by atoms with Gasteiger partial charge in [0.05, 0.1) is 0 Å². The highest BCUT2D eigenvalue weighted by Crippen LogP contribution is 2.26. The van der Waals surface area contributed by atoms with Crippen molar-refractivity contribution in [1.82, 2.24) is 4.90 Å². The van der Waals surface area contributed by atoms with Crippen LogP contribution in [0.4, 0.5) is 0 Å². The van der Waals surface area contributed by atoms with Crippen LogP contribution in [0.3, 0.4) is 0 Å². The maximum absolute atomic E-state index is 11.9. The number of rotatable bonds is 3. The normalized spacial score (nSPS) is 21.8. The summed E-state index contributed by atoms with van der Waals surface area (Å²) >= 11 is 0. The summed E-state index contributed by atoms with van der Waals surface area (Å²) in [7, 11) is 1.93. The Morgan fingerprint density at radius 2 is 1.62 bits per heavy atom. The zero-order valence-corrected chi connectivity index (χ0v) is 12.6. The molecule has 0 aliphatic carbocycles. The van der Waals surface area contributed by atoms with Crippen LogP contribution in [0, 0.1) is 5.92 Å². The highest BCUT2D eigenvalue weighted by atomic mass is 16.2. The molecule has 1 saturated heterocycles. The van der Waals surface area contributed by atoms with Gasteiger partial charge in [-0.15, -0.1) is 0 Å². The second-order valence-corrected chi connectivity index (χ2v) is 6.01. The first-order valence-corrected chi connectivity index (χ1v) is 7.56. The van der Waals surface area contributed by atoms with Crippen LogP contribution in [-0.2, 0) is 11.2 Å². The second kappa shape index (κ2) is 5.72. The second-order valence-electron chi connectivity index (χ2n) is 6.01. The highest BCUT2D eigenvalue weighted by molar-refractivity contribution is 5.80. The lowest BCUT2D eigenvalue weighted by Gasteiger charge is -2.19. The van der Waals surface area contributed by atoms with Crippen molar-refractivity contribution in [3.63, 3.8) is 0 Å². The summed E-state index contributed by atoms with van der Waals surface area (Å²) in [4.78, 5) is 13.8. The fraction of sp³-hybridized carbons (Fsp3) is 0.316. The van der Waals surface area contributed by atoms with E-state index in [9.17, 15) is 4.79 Å². The van der Waals surface area contributed by atoms with Gasteiger partial charge < -0.3 is 4.90 Å². The van der Waals surface area contributed by atoms with Gasteiger partial charge in [0.25, 0.3) is 0 Å². The van der Waals surface area contributed by atoms with E-state index in [1.807, 2.05) is 24.9 Å². The average Bonchev–Trinajstić information content (AvgIpc) is 2.76. The Balaban J connectivity index is 1.72. The first-order chi connectivity index (χ1) is 10.1. The maximum atomic E-state index is 11.9. The summed E-state index contributed by atoms with van der Waals surface area (Å²) in [6.07, 6.45) is 1.91. The third kappa shape index (κ3) is 2.85. The van der Waals surface area contributed by atoms with E-state index in [1.165, 1.54) is 16.7 Å². The van der Waals surface area contributed by atoms with Gasteiger partial charge in [0.2, 0.25) is 5.91 Å². The van der Waals surface area contributed by atoms with Gasteiger partial charge in [0.1, 0.15) is 0 Å². The van der Waals surface area contributed by atoms with Crippen LogP contribution in [0.15, 0.2) is 54.6 Å². The van der Waals surface area contributed by atoms with E-state index in [2.05, 4.69) is 48.5 Å². The minimum absolute atomic E-state index is 0.170. The molecule has 0 N–H and O–H groups in total. The lowest BCUT2D eigenvalue weighted by molar-refractivity contribution is -0.130. The van der Waals surface area contributed by atoms with Gasteiger partial charge in [-0.2, -0.15) is 0 Å². The van der Waals surface area contributed by atoms with E-state index in [0.717, 1.165) is 12.8 Å². The van der Waals surface area contributed by atoms with Gasteiger partial charge in [-0.25, -0.2) is 0 Å². The van der Waals surface area contributed by atoms with Gasteiger partial charge in [-0.05, 0) is 29.5 Å². The number of amides is 1. The topological polar surface area (TPSA) is 20.3 Å². The van der Waals surface area contributed by atoms with Crippen LogP contribution in [0.5, 0.6) is 0 Å². The van der Waals surface area contributed by atoms with Crippen LogP contribution in [0.1, 0.15) is 18.9 Å². The molecule has 3 rings (SSSR count). The van der Waals surface area contributed by atoms with Crippen LogP contribution in [0.2, 0.25) is 0 Å². The minimum Gasteiger partial charge on any atom is -0.342 e. The lowest BCUT2D eigenvalue weighted by atomic mass is 9.98. The molecule has 1 heterocycles. The van der Waals surface area contributed by atoms with E-state index >= 15 is 0 Å². The van der Waals surface area contributed by atoms with Gasteiger partial charge in [-0.3, -0.25) is 4.79 Å². The molecule has 1 fully saturated rings. The number of likely N-dealkylation sites (tertiary alicyclic amines) is 1. The Labute approximate surface area is 126 Å². The van der Waals surface area contributed by atoms with Crippen molar-refractivity contribution in [2.75, 3.05) is 7.05 Å². The standard InChI is InChI=1S/C19H21NO/c1-14-12-18(20(2)19(14)21)13-15-8-10-17(11-9-15)16-6-4-3-5-7-16/h3-11,14,18H,12-13H2,1-2H3/t14?,18-/m0/s1. The van der Waals surface area contributed by atoms with Crippen molar-refractivity contribution in [2.24, 2.45) is 5.92 Å². The molecular weight excluding hydrogens is 258 g/mol. The van der Waals surface area contributed by atoms with Gasteiger partial charge in [-0.1, -0.05) is 61.5 Å². The summed E-state index contributed by atoms with van der Waals surface area (Å²) in [5, 5.41) is 0. The Hall–Kier alpha value is -2.09. The fourth-order valence-corrected chi connectivity index (χ4v) is 3.15. The highest BCUT2D eigenvalue weighted by Gasteiger charge is 2.33. The zero-order valence-electron chi connectivity index (χ0n) is 12.6. The third-order valence-electron chi connectivity index (χ3n) is 4.47. The predicted molar refractivity (Wildman–Crippen MR) is 85.9 cm³/mol. The molecule has 0 bridgehead atoms. The van der Waals surface area contributed by atoms with E-state index in [1.54, 1.807) is 0 Å². The number of nitrogens with zero attached hydrogens (tertiary/aromatic N) is 1. The molecule has 108 valence electrons. The van der Waals surface area contributed by atoms with Crippen LogP contribution >= 0.6 is 0 Å². The largest absolute Gasteiger partial charge is 0.342 e. The average molecular weight is 279 g/mol. The van der Waals surface area contributed by atoms with Gasteiger partial charge in [0.15, 0.2) is 0 Å². The van der Waals surface area contributed by atoms with Gasteiger partial charge in [0, 0.05) is 19.0 Å². The molecule has 0 spiro atoms. The molecule has 2 nitrogen and oxygen atoms in total. The third-order valence-corrected chi connectivity index (χ3v) is 4.47. The maximum Gasteiger partial charge on any atom is 0.225 e. The predicted octanol–water partition coefficient (Wildman–Crippen LogP) is 3.76. The number of hydrogen-bond donors (Lipinski definition) is 0. The van der Waals surface area contributed by atoms with Crippen molar-refractivity contribution in [3.8, 4) is 11.1 Å². The van der Waals surface area contributed by atoms with Crippen molar-refractivity contribution >= 4 is 5.91 Å². The summed E-state index contributed by atoms with van der Waals surface area (Å²) in [6.45, 7) is 2.03. The molecule has 0 saturated carbocycles. The zero-order chi connectivity index (χ0) is 14.8. The molecule has 2 aromatic carbocycles. The molecule has 1 amide bonds. The summed E-state index contributed by atoms with van der Waals surface area (Å²) in [5.74, 6) is 0.449. The molecule has 1 aliphatic heterocycles. The van der Waals surface area contributed by atoms with Crippen LogP contribution < -0.4 is 0 Å². The molecule has 2 heteroatoms. The smallest absolute Gasteiger partial charge is 0.225 e. The van der Waals surface area contributed by atoms with Crippen LogP contribution in [0.25, 0.3) is 11.1 Å². The van der Waals surface area contributed by atoms with Gasteiger partial charge >= 0.3 is 0 Å². The summed E-state index contributed by atoms with van der Waals surface area (Å²) in [6, 6.07) is 19.5. The number of hydrogen-bond acceptors (Lipinski definition) is 1. The number of likely N-dealkylation sites (N-methyl/N-ethyl adjacent to an activating group) is 1. The first kappa shape index (κ1) is 13.9. The quantitative estimate of drug-likeness (QED) is 0.837. The van der Waals surface area contributed by atoms with E-state index in [4.69, 9.17) is 0 Å². The SMILES string of the molecule is CC1C[C@@H](Cc2ccc(-c3ccccc3)cc2)N(C)C1=O. The van der Waals surface area contributed by atoms with Crippen molar-refractivity contribution in [2.45, 2.75) is 25.8 Å². The van der Waals surface area contributed by atoms with Crippen molar-refractivity contribution < 1.29 is 4.79 Å². The Morgan fingerprint density at radius 1 is 1.00 bits per heavy atom. The van der Waals surface area contributed by atoms with Crippen LogP contribution in [-0.4, -0.2) is 23.9 Å². The lowest BCUT2D eigenvalue weighted by Crippen LogP contribution is -2.30. The van der Waals surface area contributed by atoms with Crippen molar-refractivity contribution in [1.29, 1.82) is 0 Å². The van der Waals surface area contributed by atoms with E-state index < -0.39 is 0 Å². The Bertz CT molecular complexity index is 618. The molecule has 2 aromatic rings. The summed E-state index contributed by atoms with van der Waals surface area (Å²) < 4.78 is 0. The van der Waals surface area contributed by atoms with Crippen molar-refractivity contribution in [3.05, 3.63) is 60.2 Å². The minimum atomic E-state index is 0.170. The molecular formula is C19H21NO. The molecule has 0 radical (unpaired) electrons. The molecule has 1 aliphatic rings. The van der Waals surface area contributed by atoms with E-state index in [0.29, 0.717) is 6.04 Å². The molecule has 1 unspecified atom stereocenters. The Morgan fingerprint density at radius 3 is 2.19 bits per heavy atom. The monoisotopic (exact) mass is 279 g/mol. The number of benzene rings is 2. The number of carbonyl (C=O) groups excluding carboxylic acids is 1. The Kier molecular flexibility index (Phi) is 3.78. The van der Waals surface area contributed by atoms with E-state index in [-0.39, 0.29) is 11.8 Å². The fourth-order valence-electron chi connectivity index (χ4n) is 3.15. The summed E-state index contributed by atoms with van der Waals surface area (Å²) in [5.41, 5.74) is 3.78.